The number of aryl methyl sites for hydroxylation is 2. The smallest absolute Gasteiger partial charge is 0.133 e. The third-order valence-corrected chi connectivity index (χ3v) is 2.84. The average molecular weight is 235 g/mol. The van der Waals surface area contributed by atoms with Gasteiger partial charge in [0, 0.05) is 0 Å². The summed E-state index contributed by atoms with van der Waals surface area (Å²) in [7, 11) is 0. The van der Waals surface area contributed by atoms with E-state index in [2.05, 4.69) is 25.0 Å². The highest BCUT2D eigenvalue weighted by molar-refractivity contribution is 6.29. The van der Waals surface area contributed by atoms with Crippen LogP contribution < -0.4 is 0 Å². The zero-order valence-electron chi connectivity index (χ0n) is 9.57. The van der Waals surface area contributed by atoms with Crippen molar-refractivity contribution >= 4 is 11.6 Å². The van der Waals surface area contributed by atoms with Crippen molar-refractivity contribution in [3.05, 3.63) is 46.7 Å². The Morgan fingerprint density at radius 2 is 2.06 bits per heavy atom. The first kappa shape index (κ1) is 11.2. The van der Waals surface area contributed by atoms with Gasteiger partial charge in [-0.05, 0) is 31.0 Å². The van der Waals surface area contributed by atoms with Gasteiger partial charge in [-0.25, -0.2) is 4.68 Å². The molecule has 0 saturated carbocycles. The van der Waals surface area contributed by atoms with E-state index in [1.165, 1.54) is 5.56 Å². The molecule has 2 nitrogen and oxygen atoms in total. The number of hydrogen-bond donors (Lipinski definition) is 0. The molecule has 0 amide bonds. The molecule has 0 fully saturated rings. The molecule has 0 aliphatic carbocycles. The predicted octanol–water partition coefficient (Wildman–Crippen LogP) is 3.79. The molecule has 0 atom stereocenters. The Morgan fingerprint density at radius 3 is 2.75 bits per heavy atom. The monoisotopic (exact) mass is 234 g/mol. The molecule has 84 valence electrons. The minimum absolute atomic E-state index is 0.678. The lowest BCUT2D eigenvalue weighted by atomic mass is 10.2. The van der Waals surface area contributed by atoms with Gasteiger partial charge in [-0.1, -0.05) is 43.1 Å². The zero-order chi connectivity index (χ0) is 11.5. The van der Waals surface area contributed by atoms with Gasteiger partial charge >= 0.3 is 0 Å². The maximum Gasteiger partial charge on any atom is 0.133 e. The fraction of sp³-hybridized carbons (Fsp3) is 0.308. The van der Waals surface area contributed by atoms with Crippen molar-refractivity contribution in [2.24, 2.45) is 0 Å². The van der Waals surface area contributed by atoms with Gasteiger partial charge in [-0.15, -0.1) is 0 Å². The largest absolute Gasteiger partial charge is 0.222 e. The maximum atomic E-state index is 6.19. The first-order valence-corrected chi connectivity index (χ1v) is 5.90. The normalized spacial score (nSPS) is 10.7. The van der Waals surface area contributed by atoms with Crippen LogP contribution in [0.5, 0.6) is 0 Å². The van der Waals surface area contributed by atoms with Gasteiger partial charge in [0.05, 0.1) is 11.4 Å². The van der Waals surface area contributed by atoms with Crippen molar-refractivity contribution in [1.29, 1.82) is 0 Å². The summed E-state index contributed by atoms with van der Waals surface area (Å²) in [5.74, 6) is 0. The minimum Gasteiger partial charge on any atom is -0.222 e. The summed E-state index contributed by atoms with van der Waals surface area (Å²) in [5.41, 5.74) is 3.28. The first-order valence-electron chi connectivity index (χ1n) is 5.53. The Balaban J connectivity index is 2.44. The lowest BCUT2D eigenvalue weighted by Crippen LogP contribution is -1.99. The van der Waals surface area contributed by atoms with Crippen LogP contribution in [0.1, 0.15) is 24.6 Å². The third kappa shape index (κ3) is 2.12. The quantitative estimate of drug-likeness (QED) is 0.790. The molecular weight excluding hydrogens is 220 g/mol. The van der Waals surface area contributed by atoms with Crippen LogP contribution in [0.2, 0.25) is 5.15 Å². The molecule has 0 radical (unpaired) electrons. The lowest BCUT2D eigenvalue weighted by Gasteiger charge is -2.06. The Bertz CT molecular complexity index is 488. The molecule has 0 unspecified atom stereocenters. The fourth-order valence-electron chi connectivity index (χ4n) is 1.75. The van der Waals surface area contributed by atoms with Crippen LogP contribution in [0.15, 0.2) is 30.3 Å². The minimum atomic E-state index is 0.678. The van der Waals surface area contributed by atoms with Gasteiger partial charge in [0.2, 0.25) is 0 Å². The van der Waals surface area contributed by atoms with Crippen molar-refractivity contribution in [3.63, 3.8) is 0 Å². The molecule has 3 heteroatoms. The van der Waals surface area contributed by atoms with Gasteiger partial charge in [-0.2, -0.15) is 5.10 Å². The van der Waals surface area contributed by atoms with Crippen molar-refractivity contribution < 1.29 is 0 Å². The Kier molecular flexibility index (Phi) is 3.30. The molecule has 0 saturated heterocycles. The van der Waals surface area contributed by atoms with E-state index in [1.807, 2.05) is 28.9 Å². The standard InChI is InChI=1S/C13H15ClN2/c1-3-6-11-9-13(14)16(15-11)12-8-5-4-7-10(12)2/h4-5,7-9H,3,6H2,1-2H3. The van der Waals surface area contributed by atoms with E-state index in [9.17, 15) is 0 Å². The van der Waals surface area contributed by atoms with Crippen molar-refractivity contribution in [2.75, 3.05) is 0 Å². The average Bonchev–Trinajstić information content (AvgIpc) is 2.61. The van der Waals surface area contributed by atoms with Crippen LogP contribution in [0.25, 0.3) is 5.69 Å². The Morgan fingerprint density at radius 1 is 1.31 bits per heavy atom. The first-order chi connectivity index (χ1) is 7.72. The number of halogens is 1. The molecule has 0 bridgehead atoms. The molecule has 0 aliphatic rings. The second kappa shape index (κ2) is 4.71. The topological polar surface area (TPSA) is 17.8 Å². The molecule has 1 aromatic carbocycles. The van der Waals surface area contributed by atoms with Gasteiger partial charge in [0.25, 0.3) is 0 Å². The molecule has 0 aliphatic heterocycles. The van der Waals surface area contributed by atoms with Crippen molar-refractivity contribution in [1.82, 2.24) is 9.78 Å². The SMILES string of the molecule is CCCc1cc(Cl)n(-c2ccccc2C)n1. The second-order valence-corrected chi connectivity index (χ2v) is 4.29. The van der Waals surface area contributed by atoms with E-state index in [1.54, 1.807) is 0 Å². The molecule has 0 N–H and O–H groups in total. The molecule has 0 spiro atoms. The molecule has 2 aromatic rings. The van der Waals surface area contributed by atoms with Crippen LogP contribution in [0.3, 0.4) is 0 Å². The third-order valence-electron chi connectivity index (χ3n) is 2.57. The summed E-state index contributed by atoms with van der Waals surface area (Å²) in [4.78, 5) is 0. The number of rotatable bonds is 3. The van der Waals surface area contributed by atoms with Gasteiger partial charge in [-0.3, -0.25) is 0 Å². The summed E-state index contributed by atoms with van der Waals surface area (Å²) in [6, 6.07) is 10.1. The Hall–Kier alpha value is -1.28. The molecule has 1 heterocycles. The van der Waals surface area contributed by atoms with Crippen LogP contribution >= 0.6 is 11.6 Å². The lowest BCUT2D eigenvalue weighted by molar-refractivity contribution is 0.804. The van der Waals surface area contributed by atoms with Crippen LogP contribution in [0.4, 0.5) is 0 Å². The van der Waals surface area contributed by atoms with Crippen LogP contribution in [-0.4, -0.2) is 9.78 Å². The number of hydrogen-bond acceptors (Lipinski definition) is 1. The molecular formula is C13H15ClN2. The zero-order valence-corrected chi connectivity index (χ0v) is 10.3. The highest BCUT2D eigenvalue weighted by Crippen LogP contribution is 2.20. The van der Waals surface area contributed by atoms with E-state index < -0.39 is 0 Å². The number of benzene rings is 1. The van der Waals surface area contributed by atoms with Crippen molar-refractivity contribution in [2.45, 2.75) is 26.7 Å². The van der Waals surface area contributed by atoms with Gasteiger partial charge in [0.15, 0.2) is 0 Å². The van der Waals surface area contributed by atoms with E-state index in [0.29, 0.717) is 5.15 Å². The van der Waals surface area contributed by atoms with E-state index in [-0.39, 0.29) is 0 Å². The van der Waals surface area contributed by atoms with Crippen molar-refractivity contribution in [3.8, 4) is 5.69 Å². The predicted molar refractivity (Wildman–Crippen MR) is 67.3 cm³/mol. The number of para-hydroxylation sites is 1. The maximum absolute atomic E-state index is 6.19. The summed E-state index contributed by atoms with van der Waals surface area (Å²) < 4.78 is 1.81. The van der Waals surface area contributed by atoms with Gasteiger partial charge in [0.1, 0.15) is 5.15 Å². The highest BCUT2D eigenvalue weighted by Gasteiger charge is 2.08. The molecule has 2 rings (SSSR count). The second-order valence-electron chi connectivity index (χ2n) is 3.91. The molecule has 1 aromatic heterocycles. The summed E-state index contributed by atoms with van der Waals surface area (Å²) in [6.45, 7) is 4.20. The van der Waals surface area contributed by atoms with Crippen LogP contribution in [-0.2, 0) is 6.42 Å². The van der Waals surface area contributed by atoms with Crippen LogP contribution in [0, 0.1) is 6.92 Å². The Labute approximate surface area is 101 Å². The summed E-state index contributed by atoms with van der Waals surface area (Å²) in [5, 5.41) is 5.19. The van der Waals surface area contributed by atoms with Gasteiger partial charge < -0.3 is 0 Å². The molecule has 16 heavy (non-hydrogen) atoms. The summed E-state index contributed by atoms with van der Waals surface area (Å²) in [6.07, 6.45) is 2.06. The summed E-state index contributed by atoms with van der Waals surface area (Å²) >= 11 is 6.19. The highest BCUT2D eigenvalue weighted by atomic mass is 35.5. The van der Waals surface area contributed by atoms with E-state index in [4.69, 9.17) is 11.6 Å². The number of nitrogens with zero attached hydrogens (tertiary/aromatic N) is 2. The van der Waals surface area contributed by atoms with E-state index in [0.717, 1.165) is 24.2 Å². The van der Waals surface area contributed by atoms with E-state index >= 15 is 0 Å². The number of aromatic nitrogens is 2. The fourth-order valence-corrected chi connectivity index (χ4v) is 2.01.